The summed E-state index contributed by atoms with van der Waals surface area (Å²) in [5.74, 6) is 0.154. The molecule has 0 aromatic heterocycles. The summed E-state index contributed by atoms with van der Waals surface area (Å²) in [4.78, 5) is 12.0. The number of carbonyl (C=O) groups is 1. The van der Waals surface area contributed by atoms with Crippen LogP contribution in [0.1, 0.15) is 33.6 Å². The zero-order chi connectivity index (χ0) is 13.5. The van der Waals surface area contributed by atoms with Crippen molar-refractivity contribution < 1.29 is 14.6 Å². The van der Waals surface area contributed by atoms with Gasteiger partial charge in [-0.3, -0.25) is 4.79 Å². The van der Waals surface area contributed by atoms with Gasteiger partial charge >= 0.3 is 5.97 Å². The van der Waals surface area contributed by atoms with E-state index in [9.17, 15) is 9.90 Å². The number of carbonyl (C=O) groups excluding carboxylic acids is 1. The van der Waals surface area contributed by atoms with Crippen molar-refractivity contribution in [1.29, 1.82) is 0 Å². The minimum Gasteiger partial charge on any atom is -0.512 e. The summed E-state index contributed by atoms with van der Waals surface area (Å²) in [6.45, 7) is 6.39. The summed E-state index contributed by atoms with van der Waals surface area (Å²) in [6.07, 6.45) is 1.50. The molecule has 2 atom stereocenters. The van der Waals surface area contributed by atoms with Gasteiger partial charge in [0.25, 0.3) is 0 Å². The standard InChI is InChI=1S/C13H18O3S2/c1-4-16-11(15)10-7-5-13(2,3)6-8(14)9(7)12(17)18-10/h7,10,14H,4-6H2,1-3H3. The van der Waals surface area contributed by atoms with Crippen LogP contribution in [0.3, 0.4) is 0 Å². The Morgan fingerprint density at radius 1 is 1.61 bits per heavy atom. The number of fused-ring (bicyclic) bond motifs is 1. The minimum atomic E-state index is -0.283. The van der Waals surface area contributed by atoms with Crippen LogP contribution in [0.15, 0.2) is 11.3 Å². The van der Waals surface area contributed by atoms with E-state index in [-0.39, 0.29) is 22.6 Å². The van der Waals surface area contributed by atoms with Gasteiger partial charge in [-0.05, 0) is 18.8 Å². The van der Waals surface area contributed by atoms with Crippen molar-refractivity contribution in [2.75, 3.05) is 6.61 Å². The van der Waals surface area contributed by atoms with Crippen LogP contribution in [-0.2, 0) is 9.53 Å². The summed E-state index contributed by atoms with van der Waals surface area (Å²) in [5.41, 5.74) is 0.816. The van der Waals surface area contributed by atoms with Gasteiger partial charge in [-0.1, -0.05) is 37.8 Å². The Morgan fingerprint density at radius 3 is 2.89 bits per heavy atom. The molecule has 2 unspecified atom stereocenters. The molecule has 1 N–H and O–H groups in total. The van der Waals surface area contributed by atoms with Gasteiger partial charge in [-0.2, -0.15) is 0 Å². The molecule has 1 aliphatic carbocycles. The summed E-state index contributed by atoms with van der Waals surface area (Å²) in [6, 6.07) is 0. The zero-order valence-electron chi connectivity index (χ0n) is 10.9. The second-order valence-electron chi connectivity index (χ2n) is 5.59. The van der Waals surface area contributed by atoms with Crippen LogP contribution in [0.5, 0.6) is 0 Å². The fourth-order valence-corrected chi connectivity index (χ4v) is 4.53. The molecule has 1 fully saturated rings. The second-order valence-corrected chi connectivity index (χ2v) is 7.41. The first-order valence-electron chi connectivity index (χ1n) is 6.15. The van der Waals surface area contributed by atoms with Crippen molar-refractivity contribution in [2.45, 2.75) is 38.9 Å². The number of aliphatic hydroxyl groups is 1. The third-order valence-corrected chi connectivity index (χ3v) is 5.16. The van der Waals surface area contributed by atoms with Gasteiger partial charge < -0.3 is 9.84 Å². The molecule has 0 spiro atoms. The van der Waals surface area contributed by atoms with E-state index >= 15 is 0 Å². The normalized spacial score (nSPS) is 30.3. The van der Waals surface area contributed by atoms with E-state index in [2.05, 4.69) is 13.8 Å². The number of esters is 1. The first-order chi connectivity index (χ1) is 8.35. The Morgan fingerprint density at radius 2 is 2.28 bits per heavy atom. The maximum Gasteiger partial charge on any atom is 0.320 e. The lowest BCUT2D eigenvalue weighted by atomic mass is 9.71. The maximum absolute atomic E-state index is 12.0. The Balaban J connectivity index is 2.31. The molecule has 2 aliphatic rings. The predicted molar refractivity (Wildman–Crippen MR) is 76.8 cm³/mol. The van der Waals surface area contributed by atoms with Crippen molar-refractivity contribution >= 4 is 34.1 Å². The van der Waals surface area contributed by atoms with Gasteiger partial charge in [0, 0.05) is 17.9 Å². The number of allylic oxidation sites excluding steroid dienone is 1. The number of aliphatic hydroxyl groups excluding tert-OH is 1. The second kappa shape index (κ2) is 4.85. The molecule has 1 heterocycles. The first kappa shape index (κ1) is 13.9. The monoisotopic (exact) mass is 286 g/mol. The van der Waals surface area contributed by atoms with Gasteiger partial charge in [0.1, 0.15) is 5.25 Å². The zero-order valence-corrected chi connectivity index (χ0v) is 12.5. The molecule has 0 saturated carbocycles. The van der Waals surface area contributed by atoms with Crippen LogP contribution in [0.4, 0.5) is 0 Å². The molecule has 0 bridgehead atoms. The highest BCUT2D eigenvalue weighted by atomic mass is 32.2. The number of rotatable bonds is 2. The van der Waals surface area contributed by atoms with Crippen molar-refractivity contribution in [2.24, 2.45) is 11.3 Å². The van der Waals surface area contributed by atoms with Crippen molar-refractivity contribution in [3.8, 4) is 0 Å². The summed E-state index contributed by atoms with van der Waals surface area (Å²) in [7, 11) is 0. The van der Waals surface area contributed by atoms with Crippen LogP contribution in [-0.4, -0.2) is 27.1 Å². The topological polar surface area (TPSA) is 46.5 Å². The number of thiocarbonyl (C=S) groups is 1. The SMILES string of the molecule is CCOC(=O)C1SC(=S)C2=C(O)CC(C)(C)CC21. The summed E-state index contributed by atoms with van der Waals surface area (Å²) < 4.78 is 5.76. The van der Waals surface area contributed by atoms with Crippen molar-refractivity contribution in [3.05, 3.63) is 11.3 Å². The molecule has 3 nitrogen and oxygen atoms in total. The number of hydrogen-bond donors (Lipinski definition) is 1. The fraction of sp³-hybridized carbons (Fsp3) is 0.692. The lowest BCUT2D eigenvalue weighted by Gasteiger charge is -2.34. The lowest BCUT2D eigenvalue weighted by Crippen LogP contribution is -2.33. The van der Waals surface area contributed by atoms with Gasteiger partial charge in [0.05, 0.1) is 16.6 Å². The van der Waals surface area contributed by atoms with E-state index in [0.717, 1.165) is 12.0 Å². The number of ether oxygens (including phenoxy) is 1. The number of thioether (sulfide) groups is 1. The van der Waals surface area contributed by atoms with Crippen molar-refractivity contribution in [1.82, 2.24) is 0 Å². The summed E-state index contributed by atoms with van der Waals surface area (Å²) >= 11 is 6.65. The Bertz CT molecular complexity index is 426. The molecule has 1 saturated heterocycles. The molecule has 100 valence electrons. The Labute approximate surface area is 117 Å². The molecule has 0 aromatic rings. The van der Waals surface area contributed by atoms with E-state index in [0.29, 0.717) is 23.0 Å². The van der Waals surface area contributed by atoms with Gasteiger partial charge in [0.2, 0.25) is 0 Å². The first-order valence-corrected chi connectivity index (χ1v) is 7.44. The van der Waals surface area contributed by atoms with Crippen molar-refractivity contribution in [3.63, 3.8) is 0 Å². The fourth-order valence-electron chi connectivity index (χ4n) is 2.76. The van der Waals surface area contributed by atoms with Crippen LogP contribution in [0, 0.1) is 11.3 Å². The molecular formula is C13H18O3S2. The Hall–Kier alpha value is -0.550. The Kier molecular flexibility index (Phi) is 3.74. The molecule has 5 heteroatoms. The average molecular weight is 286 g/mol. The maximum atomic E-state index is 12.0. The van der Waals surface area contributed by atoms with Crippen LogP contribution in [0.2, 0.25) is 0 Å². The third-order valence-electron chi connectivity index (χ3n) is 3.44. The highest BCUT2D eigenvalue weighted by Gasteiger charge is 2.48. The molecule has 0 aromatic carbocycles. The molecule has 2 rings (SSSR count). The van der Waals surface area contributed by atoms with Crippen LogP contribution >= 0.6 is 24.0 Å². The molecule has 1 aliphatic heterocycles. The van der Waals surface area contributed by atoms with Crippen LogP contribution in [0.25, 0.3) is 0 Å². The van der Waals surface area contributed by atoms with Crippen LogP contribution < -0.4 is 0 Å². The molecular weight excluding hydrogens is 268 g/mol. The highest BCUT2D eigenvalue weighted by Crippen LogP contribution is 2.51. The minimum absolute atomic E-state index is 0.00348. The van der Waals surface area contributed by atoms with E-state index in [1.54, 1.807) is 6.92 Å². The van der Waals surface area contributed by atoms with E-state index < -0.39 is 0 Å². The van der Waals surface area contributed by atoms with Gasteiger partial charge in [-0.25, -0.2) is 0 Å². The van der Waals surface area contributed by atoms with E-state index in [1.807, 2.05) is 0 Å². The smallest absolute Gasteiger partial charge is 0.320 e. The number of hydrogen-bond acceptors (Lipinski definition) is 5. The van der Waals surface area contributed by atoms with Gasteiger partial charge in [0.15, 0.2) is 0 Å². The highest BCUT2D eigenvalue weighted by molar-refractivity contribution is 8.25. The average Bonchev–Trinajstić information content (AvgIpc) is 2.54. The molecule has 0 radical (unpaired) electrons. The summed E-state index contributed by atoms with van der Waals surface area (Å²) in [5, 5.41) is 9.86. The third kappa shape index (κ3) is 2.43. The molecule has 18 heavy (non-hydrogen) atoms. The predicted octanol–water partition coefficient (Wildman–Crippen LogP) is 3.24. The van der Waals surface area contributed by atoms with E-state index in [1.165, 1.54) is 11.8 Å². The quantitative estimate of drug-likeness (QED) is 0.624. The van der Waals surface area contributed by atoms with E-state index in [4.69, 9.17) is 17.0 Å². The molecule has 0 amide bonds. The lowest BCUT2D eigenvalue weighted by molar-refractivity contribution is -0.143. The largest absolute Gasteiger partial charge is 0.512 e. The van der Waals surface area contributed by atoms with Gasteiger partial charge in [-0.15, -0.1) is 0 Å².